The third-order valence-corrected chi connectivity index (χ3v) is 3.96. The molecule has 0 atom stereocenters. The van der Waals surface area contributed by atoms with Crippen LogP contribution >= 0.6 is 27.3 Å². The van der Waals surface area contributed by atoms with Crippen LogP contribution in [0.15, 0.2) is 52.7 Å². The Morgan fingerprint density at radius 2 is 2.19 bits per heavy atom. The van der Waals surface area contributed by atoms with Crippen molar-refractivity contribution in [1.82, 2.24) is 15.0 Å². The molecule has 21 heavy (non-hydrogen) atoms. The Hall–Kier alpha value is -2.12. The van der Waals surface area contributed by atoms with Gasteiger partial charge in [0.2, 0.25) is 0 Å². The number of hydrogen-bond acceptors (Lipinski definition) is 5. The second-order valence-electron chi connectivity index (χ2n) is 4.09. The summed E-state index contributed by atoms with van der Waals surface area (Å²) >= 11 is 4.72. The molecule has 0 bridgehead atoms. The van der Waals surface area contributed by atoms with Crippen LogP contribution in [0, 0.1) is 0 Å². The quantitative estimate of drug-likeness (QED) is 0.774. The molecule has 0 aliphatic rings. The number of benzene rings is 1. The summed E-state index contributed by atoms with van der Waals surface area (Å²) in [4.78, 5) is 24.6. The fraction of sp³-hybridized carbons (Fsp3) is 0. The van der Waals surface area contributed by atoms with Gasteiger partial charge in [-0.1, -0.05) is 22.0 Å². The van der Waals surface area contributed by atoms with Crippen LogP contribution in [-0.2, 0) is 0 Å². The van der Waals surface area contributed by atoms with Crippen LogP contribution in [0.3, 0.4) is 0 Å². The summed E-state index contributed by atoms with van der Waals surface area (Å²) in [6.07, 6.45) is 4.81. The van der Waals surface area contributed by atoms with Crippen LogP contribution in [0.4, 0.5) is 5.69 Å². The zero-order valence-corrected chi connectivity index (χ0v) is 13.1. The molecule has 3 rings (SSSR count). The third-order valence-electron chi connectivity index (χ3n) is 2.60. The second-order valence-corrected chi connectivity index (χ2v) is 5.87. The molecule has 7 heteroatoms. The molecule has 0 aliphatic carbocycles. The van der Waals surface area contributed by atoms with E-state index in [-0.39, 0.29) is 5.91 Å². The van der Waals surface area contributed by atoms with E-state index in [1.54, 1.807) is 24.0 Å². The maximum atomic E-state index is 12.2. The Morgan fingerprint density at radius 3 is 2.95 bits per heavy atom. The van der Waals surface area contributed by atoms with Gasteiger partial charge >= 0.3 is 0 Å². The van der Waals surface area contributed by atoms with Crippen molar-refractivity contribution in [1.29, 1.82) is 0 Å². The summed E-state index contributed by atoms with van der Waals surface area (Å²) in [5.74, 6) is -0.250. The normalized spacial score (nSPS) is 10.3. The SMILES string of the molecule is O=C(Nc1cccc(Br)c1)c1csc(-c2cnccn2)n1. The van der Waals surface area contributed by atoms with E-state index in [2.05, 4.69) is 36.2 Å². The van der Waals surface area contributed by atoms with Crippen molar-refractivity contribution in [3.63, 3.8) is 0 Å². The lowest BCUT2D eigenvalue weighted by Crippen LogP contribution is -2.12. The average Bonchev–Trinajstić information content (AvgIpc) is 2.98. The first-order valence-corrected chi connectivity index (χ1v) is 7.68. The number of anilines is 1. The number of halogens is 1. The maximum Gasteiger partial charge on any atom is 0.275 e. The number of nitrogens with one attached hydrogen (secondary N) is 1. The number of hydrogen-bond donors (Lipinski definition) is 1. The highest BCUT2D eigenvalue weighted by molar-refractivity contribution is 9.10. The molecule has 0 radical (unpaired) electrons. The van der Waals surface area contributed by atoms with Crippen LogP contribution in [-0.4, -0.2) is 20.9 Å². The molecule has 2 aromatic heterocycles. The lowest BCUT2D eigenvalue weighted by molar-refractivity contribution is 0.102. The van der Waals surface area contributed by atoms with E-state index in [0.717, 1.165) is 4.47 Å². The second kappa shape index (κ2) is 6.11. The standard InChI is InChI=1S/C14H9BrN4OS/c15-9-2-1-3-10(6-9)18-13(20)12-8-21-14(19-12)11-7-16-4-5-17-11/h1-8H,(H,18,20). The van der Waals surface area contributed by atoms with Crippen molar-refractivity contribution in [2.45, 2.75) is 0 Å². The number of rotatable bonds is 3. The van der Waals surface area contributed by atoms with E-state index in [1.165, 1.54) is 11.3 Å². The van der Waals surface area contributed by atoms with Gasteiger partial charge in [0.15, 0.2) is 0 Å². The summed E-state index contributed by atoms with van der Waals surface area (Å²) in [5.41, 5.74) is 1.73. The summed E-state index contributed by atoms with van der Waals surface area (Å²) in [6, 6.07) is 7.39. The van der Waals surface area contributed by atoms with Gasteiger partial charge in [-0.3, -0.25) is 14.8 Å². The lowest BCUT2D eigenvalue weighted by atomic mass is 10.3. The molecule has 5 nitrogen and oxygen atoms in total. The van der Waals surface area contributed by atoms with Crippen LogP contribution in [0.5, 0.6) is 0 Å². The van der Waals surface area contributed by atoms with Gasteiger partial charge in [0.05, 0.1) is 6.20 Å². The third kappa shape index (κ3) is 3.32. The van der Waals surface area contributed by atoms with Gasteiger partial charge < -0.3 is 5.32 Å². The van der Waals surface area contributed by atoms with Crippen molar-refractivity contribution >= 4 is 38.9 Å². The van der Waals surface area contributed by atoms with Crippen molar-refractivity contribution in [3.05, 3.63) is 58.4 Å². The molecule has 0 spiro atoms. The summed E-state index contributed by atoms with van der Waals surface area (Å²) in [6.45, 7) is 0. The van der Waals surface area contributed by atoms with Crippen molar-refractivity contribution < 1.29 is 4.79 Å². The Bertz CT molecular complexity index is 775. The van der Waals surface area contributed by atoms with Gasteiger partial charge in [0, 0.05) is 27.9 Å². The van der Waals surface area contributed by atoms with Crippen molar-refractivity contribution in [2.24, 2.45) is 0 Å². The Balaban J connectivity index is 1.78. The molecule has 0 saturated carbocycles. The maximum absolute atomic E-state index is 12.2. The summed E-state index contributed by atoms with van der Waals surface area (Å²) < 4.78 is 0.902. The number of carbonyl (C=O) groups excluding carboxylic acids is 1. The van der Waals surface area contributed by atoms with Gasteiger partial charge in [0.25, 0.3) is 5.91 Å². The molecule has 0 unspecified atom stereocenters. The van der Waals surface area contributed by atoms with E-state index in [1.807, 2.05) is 24.3 Å². The minimum absolute atomic E-state index is 0.250. The van der Waals surface area contributed by atoms with Gasteiger partial charge in [-0.15, -0.1) is 11.3 Å². The fourth-order valence-corrected chi connectivity index (χ4v) is 2.83. The fourth-order valence-electron chi connectivity index (χ4n) is 1.67. The van der Waals surface area contributed by atoms with E-state index in [0.29, 0.717) is 22.1 Å². The van der Waals surface area contributed by atoms with Gasteiger partial charge in [-0.05, 0) is 18.2 Å². The first kappa shape index (κ1) is 13.8. The van der Waals surface area contributed by atoms with Gasteiger partial charge in [0.1, 0.15) is 16.4 Å². The number of aromatic nitrogens is 3. The molecule has 2 heterocycles. The smallest absolute Gasteiger partial charge is 0.275 e. The van der Waals surface area contributed by atoms with Crippen molar-refractivity contribution in [2.75, 3.05) is 5.32 Å². The summed E-state index contributed by atoms with van der Waals surface area (Å²) in [7, 11) is 0. The lowest BCUT2D eigenvalue weighted by Gasteiger charge is -2.03. The molecule has 0 fully saturated rings. The Morgan fingerprint density at radius 1 is 1.29 bits per heavy atom. The number of thiazole rings is 1. The van der Waals surface area contributed by atoms with Crippen molar-refractivity contribution in [3.8, 4) is 10.7 Å². The highest BCUT2D eigenvalue weighted by atomic mass is 79.9. The molecule has 3 aromatic rings. The number of amides is 1. The predicted molar refractivity (Wildman–Crippen MR) is 85.2 cm³/mol. The first-order chi connectivity index (χ1) is 10.2. The highest BCUT2D eigenvalue weighted by Gasteiger charge is 2.12. The van der Waals surface area contributed by atoms with Gasteiger partial charge in [-0.2, -0.15) is 0 Å². The molecule has 0 aliphatic heterocycles. The largest absolute Gasteiger partial charge is 0.321 e. The first-order valence-electron chi connectivity index (χ1n) is 6.01. The minimum atomic E-state index is -0.250. The monoisotopic (exact) mass is 360 g/mol. The molecule has 1 aromatic carbocycles. The molecule has 0 saturated heterocycles. The van der Waals surface area contributed by atoms with E-state index in [9.17, 15) is 4.79 Å². The molecule has 104 valence electrons. The zero-order chi connectivity index (χ0) is 14.7. The predicted octanol–water partition coefficient (Wildman–Crippen LogP) is 3.61. The number of nitrogens with zero attached hydrogens (tertiary/aromatic N) is 3. The topological polar surface area (TPSA) is 67.8 Å². The van der Waals surface area contributed by atoms with Crippen LogP contribution < -0.4 is 5.32 Å². The molecular weight excluding hydrogens is 352 g/mol. The summed E-state index contributed by atoms with van der Waals surface area (Å²) in [5, 5.41) is 5.18. The van der Waals surface area contributed by atoms with Crippen LogP contribution in [0.2, 0.25) is 0 Å². The van der Waals surface area contributed by atoms with E-state index >= 15 is 0 Å². The molecule has 1 amide bonds. The molecule has 1 N–H and O–H groups in total. The van der Waals surface area contributed by atoms with E-state index in [4.69, 9.17) is 0 Å². The minimum Gasteiger partial charge on any atom is -0.321 e. The zero-order valence-electron chi connectivity index (χ0n) is 10.7. The van der Waals surface area contributed by atoms with E-state index < -0.39 is 0 Å². The average molecular weight is 361 g/mol. The highest BCUT2D eigenvalue weighted by Crippen LogP contribution is 2.22. The van der Waals surface area contributed by atoms with Crippen LogP contribution in [0.1, 0.15) is 10.5 Å². The van der Waals surface area contributed by atoms with Crippen LogP contribution in [0.25, 0.3) is 10.7 Å². The molecular formula is C14H9BrN4OS. The Labute approximate surface area is 133 Å². The number of carbonyl (C=O) groups is 1. The van der Waals surface area contributed by atoms with Gasteiger partial charge in [-0.25, -0.2) is 4.98 Å². The Kier molecular flexibility index (Phi) is 4.03.